The molecular formula is C13H13ClO3. The first kappa shape index (κ1) is 12.0. The molecule has 1 N–H and O–H groups in total. The van der Waals surface area contributed by atoms with E-state index in [4.69, 9.17) is 16.3 Å². The Morgan fingerprint density at radius 2 is 2.24 bits per heavy atom. The molecule has 0 unspecified atom stereocenters. The van der Waals surface area contributed by atoms with E-state index < -0.39 is 5.97 Å². The highest BCUT2D eigenvalue weighted by molar-refractivity contribution is 6.32. The maximum atomic E-state index is 11.8. The molecule has 0 heterocycles. The lowest BCUT2D eigenvalue weighted by Gasteiger charge is -2.19. The summed E-state index contributed by atoms with van der Waals surface area (Å²) in [6.45, 7) is 2.02. The van der Waals surface area contributed by atoms with Crippen molar-refractivity contribution in [3.05, 3.63) is 40.1 Å². The predicted octanol–water partition coefficient (Wildman–Crippen LogP) is 3.12. The Hall–Kier alpha value is -1.48. The van der Waals surface area contributed by atoms with E-state index in [9.17, 15) is 9.90 Å². The maximum Gasteiger partial charge on any atom is 0.342 e. The SMILES string of the molecule is CCOC(=O)C1=C(O)CCc2c(Cl)cccc21. The molecule has 0 aromatic heterocycles. The Balaban J connectivity index is 2.51. The first-order valence-corrected chi connectivity index (χ1v) is 5.90. The molecule has 0 saturated heterocycles. The lowest BCUT2D eigenvalue weighted by atomic mass is 9.89. The zero-order chi connectivity index (χ0) is 12.4. The van der Waals surface area contributed by atoms with Gasteiger partial charge in [-0.05, 0) is 30.5 Å². The van der Waals surface area contributed by atoms with Gasteiger partial charge in [-0.1, -0.05) is 23.7 Å². The Bertz CT molecular complexity index is 491. The van der Waals surface area contributed by atoms with E-state index in [-0.39, 0.29) is 17.9 Å². The van der Waals surface area contributed by atoms with E-state index in [1.165, 1.54) is 0 Å². The van der Waals surface area contributed by atoms with Crippen LogP contribution in [-0.4, -0.2) is 17.7 Å². The standard InChI is InChI=1S/C13H13ClO3/c1-2-17-13(16)12-9-4-3-5-10(14)8(9)6-7-11(12)15/h3-5,15H,2,6-7H2,1H3. The van der Waals surface area contributed by atoms with Crippen LogP contribution in [0, 0.1) is 0 Å². The fourth-order valence-electron chi connectivity index (χ4n) is 2.00. The van der Waals surface area contributed by atoms with Crippen LogP contribution < -0.4 is 0 Å². The van der Waals surface area contributed by atoms with E-state index in [1.807, 2.05) is 0 Å². The molecule has 0 amide bonds. The molecule has 1 aliphatic rings. The zero-order valence-corrected chi connectivity index (χ0v) is 10.3. The summed E-state index contributed by atoms with van der Waals surface area (Å²) >= 11 is 6.08. The minimum absolute atomic E-state index is 0.0817. The van der Waals surface area contributed by atoms with Crippen LogP contribution in [0.25, 0.3) is 5.57 Å². The second-order valence-corrected chi connectivity index (χ2v) is 4.22. The van der Waals surface area contributed by atoms with Gasteiger partial charge in [0.25, 0.3) is 0 Å². The quantitative estimate of drug-likeness (QED) is 0.823. The van der Waals surface area contributed by atoms with E-state index in [2.05, 4.69) is 0 Å². The average Bonchev–Trinajstić information content (AvgIpc) is 2.29. The summed E-state index contributed by atoms with van der Waals surface area (Å²) < 4.78 is 4.95. The van der Waals surface area contributed by atoms with Crippen molar-refractivity contribution in [2.75, 3.05) is 6.61 Å². The number of esters is 1. The normalized spacial score (nSPS) is 14.5. The van der Waals surface area contributed by atoms with Gasteiger partial charge in [-0.25, -0.2) is 4.79 Å². The van der Waals surface area contributed by atoms with Crippen molar-refractivity contribution in [3.63, 3.8) is 0 Å². The smallest absolute Gasteiger partial charge is 0.342 e. The number of aliphatic hydroxyl groups is 1. The van der Waals surface area contributed by atoms with Gasteiger partial charge in [0, 0.05) is 11.4 Å². The van der Waals surface area contributed by atoms with Crippen LogP contribution in [0.3, 0.4) is 0 Å². The van der Waals surface area contributed by atoms with Gasteiger partial charge in [-0.2, -0.15) is 0 Å². The molecule has 2 rings (SSSR count). The summed E-state index contributed by atoms with van der Waals surface area (Å²) in [5, 5.41) is 10.5. The minimum atomic E-state index is -0.492. The van der Waals surface area contributed by atoms with E-state index >= 15 is 0 Å². The van der Waals surface area contributed by atoms with Crippen LogP contribution in [0.4, 0.5) is 0 Å². The van der Waals surface area contributed by atoms with Gasteiger partial charge < -0.3 is 9.84 Å². The van der Waals surface area contributed by atoms with Crippen molar-refractivity contribution in [2.45, 2.75) is 19.8 Å². The molecule has 0 spiro atoms. The largest absolute Gasteiger partial charge is 0.511 e. The summed E-state index contributed by atoms with van der Waals surface area (Å²) in [6, 6.07) is 5.33. The van der Waals surface area contributed by atoms with E-state index in [0.717, 1.165) is 5.56 Å². The van der Waals surface area contributed by atoms with Crippen LogP contribution in [0.1, 0.15) is 24.5 Å². The third-order valence-electron chi connectivity index (χ3n) is 2.77. The topological polar surface area (TPSA) is 46.5 Å². The Labute approximate surface area is 105 Å². The van der Waals surface area contributed by atoms with Gasteiger partial charge in [0.15, 0.2) is 0 Å². The van der Waals surface area contributed by atoms with Crippen LogP contribution in [0.5, 0.6) is 0 Å². The lowest BCUT2D eigenvalue weighted by Crippen LogP contribution is -2.15. The van der Waals surface area contributed by atoms with Gasteiger partial charge in [0.05, 0.1) is 6.61 Å². The summed E-state index contributed by atoms with van der Waals surface area (Å²) in [5.41, 5.74) is 1.82. The van der Waals surface area contributed by atoms with Gasteiger partial charge in [0.1, 0.15) is 11.3 Å². The highest BCUT2D eigenvalue weighted by atomic mass is 35.5. The molecule has 1 aliphatic carbocycles. The minimum Gasteiger partial charge on any atom is -0.511 e. The zero-order valence-electron chi connectivity index (χ0n) is 9.50. The monoisotopic (exact) mass is 252 g/mol. The Morgan fingerprint density at radius 1 is 1.47 bits per heavy atom. The lowest BCUT2D eigenvalue weighted by molar-refractivity contribution is -0.136. The third-order valence-corrected chi connectivity index (χ3v) is 3.12. The molecule has 3 nitrogen and oxygen atoms in total. The van der Waals surface area contributed by atoms with Crippen molar-refractivity contribution in [2.24, 2.45) is 0 Å². The molecule has 0 saturated carbocycles. The van der Waals surface area contributed by atoms with Crippen molar-refractivity contribution >= 4 is 23.1 Å². The number of fused-ring (bicyclic) bond motifs is 1. The molecule has 17 heavy (non-hydrogen) atoms. The molecule has 0 fully saturated rings. The second kappa shape index (κ2) is 4.80. The molecule has 4 heteroatoms. The number of rotatable bonds is 2. The fraction of sp³-hybridized carbons (Fsp3) is 0.308. The molecule has 1 aromatic carbocycles. The van der Waals surface area contributed by atoms with Crippen LogP contribution in [0.15, 0.2) is 24.0 Å². The number of ether oxygens (including phenoxy) is 1. The van der Waals surface area contributed by atoms with Crippen molar-refractivity contribution < 1.29 is 14.6 Å². The maximum absolute atomic E-state index is 11.8. The number of hydrogen-bond donors (Lipinski definition) is 1. The highest BCUT2D eigenvalue weighted by Gasteiger charge is 2.26. The van der Waals surface area contributed by atoms with Gasteiger partial charge in [0.2, 0.25) is 0 Å². The molecule has 0 aliphatic heterocycles. The summed E-state index contributed by atoms with van der Waals surface area (Å²) in [4.78, 5) is 11.8. The van der Waals surface area contributed by atoms with E-state index in [0.29, 0.717) is 23.4 Å². The third kappa shape index (κ3) is 2.15. The predicted molar refractivity (Wildman–Crippen MR) is 66.0 cm³/mol. The first-order valence-electron chi connectivity index (χ1n) is 5.52. The first-order chi connectivity index (χ1) is 8.15. The molecule has 0 bridgehead atoms. The number of benzene rings is 1. The van der Waals surface area contributed by atoms with Crippen molar-refractivity contribution in [1.82, 2.24) is 0 Å². The Kier molecular flexibility index (Phi) is 3.38. The number of halogens is 1. The Morgan fingerprint density at radius 3 is 2.94 bits per heavy atom. The highest BCUT2D eigenvalue weighted by Crippen LogP contribution is 2.34. The van der Waals surface area contributed by atoms with Gasteiger partial charge in [-0.3, -0.25) is 0 Å². The van der Waals surface area contributed by atoms with Crippen molar-refractivity contribution in [1.29, 1.82) is 0 Å². The van der Waals surface area contributed by atoms with E-state index in [1.54, 1.807) is 25.1 Å². The summed E-state index contributed by atoms with van der Waals surface area (Å²) in [6.07, 6.45) is 1.06. The van der Waals surface area contributed by atoms with Gasteiger partial charge >= 0.3 is 5.97 Å². The summed E-state index contributed by atoms with van der Waals surface area (Å²) in [5.74, 6) is -0.411. The number of carbonyl (C=O) groups excluding carboxylic acids is 1. The average molecular weight is 253 g/mol. The molecule has 90 valence electrons. The van der Waals surface area contributed by atoms with Crippen LogP contribution >= 0.6 is 11.6 Å². The molecule has 0 radical (unpaired) electrons. The van der Waals surface area contributed by atoms with Gasteiger partial charge in [-0.15, -0.1) is 0 Å². The fourth-order valence-corrected chi connectivity index (χ4v) is 2.27. The second-order valence-electron chi connectivity index (χ2n) is 3.81. The summed E-state index contributed by atoms with van der Waals surface area (Å²) in [7, 11) is 0. The number of aliphatic hydroxyl groups excluding tert-OH is 1. The molecular weight excluding hydrogens is 240 g/mol. The molecule has 1 aromatic rings. The van der Waals surface area contributed by atoms with Crippen LogP contribution in [-0.2, 0) is 16.0 Å². The van der Waals surface area contributed by atoms with Crippen LogP contribution in [0.2, 0.25) is 5.02 Å². The number of carbonyl (C=O) groups is 1. The number of hydrogen-bond acceptors (Lipinski definition) is 3. The number of allylic oxidation sites excluding steroid dienone is 1. The van der Waals surface area contributed by atoms with Crippen molar-refractivity contribution in [3.8, 4) is 0 Å². The molecule has 0 atom stereocenters.